The fourth-order valence-corrected chi connectivity index (χ4v) is 7.39. The predicted molar refractivity (Wildman–Crippen MR) is 182 cm³/mol. The Balaban J connectivity index is 1.62. The first-order valence-corrected chi connectivity index (χ1v) is 16.3. The summed E-state index contributed by atoms with van der Waals surface area (Å²) < 4.78 is 15.5. The lowest BCUT2D eigenvalue weighted by Gasteiger charge is -2.28. The van der Waals surface area contributed by atoms with Crippen LogP contribution < -0.4 is 19.6 Å². The van der Waals surface area contributed by atoms with Crippen LogP contribution >= 0.6 is 11.3 Å². The smallest absolute Gasteiger partial charge is 0.338 e. The molecule has 0 saturated carbocycles. The number of hydrogen-bond acceptors (Lipinski definition) is 7. The van der Waals surface area contributed by atoms with E-state index in [4.69, 9.17) is 14.5 Å². The third-order valence-electron chi connectivity index (χ3n) is 8.42. The number of aromatic nitrogens is 2. The number of carboxylic acids is 1. The number of rotatable bonds is 9. The highest BCUT2D eigenvalue weighted by Gasteiger charge is 2.37. The number of esters is 1. The van der Waals surface area contributed by atoms with Gasteiger partial charge in [0.2, 0.25) is 0 Å². The number of carbonyl (C=O) groups excluding carboxylic acids is 1. The van der Waals surface area contributed by atoms with E-state index in [0.717, 1.165) is 34.1 Å². The van der Waals surface area contributed by atoms with Crippen molar-refractivity contribution in [3.05, 3.63) is 126 Å². The molecule has 9 nitrogen and oxygen atoms in total. The Hall–Kier alpha value is -5.22. The summed E-state index contributed by atoms with van der Waals surface area (Å²) >= 11 is 1.27. The minimum absolute atomic E-state index is 0.177. The molecule has 10 heteroatoms. The molecule has 1 N–H and O–H groups in total. The number of methoxy groups -OCH3 is 1. The number of aryl methyl sites for hydroxylation is 1. The van der Waals surface area contributed by atoms with E-state index in [0.29, 0.717) is 44.0 Å². The zero-order valence-electron chi connectivity index (χ0n) is 26.9. The third-order valence-corrected chi connectivity index (χ3v) is 9.41. The van der Waals surface area contributed by atoms with Crippen molar-refractivity contribution in [1.29, 1.82) is 0 Å². The summed E-state index contributed by atoms with van der Waals surface area (Å²) in [4.78, 5) is 45.3. The molecule has 47 heavy (non-hydrogen) atoms. The van der Waals surface area contributed by atoms with Crippen LogP contribution in [0.5, 0.6) is 5.75 Å². The molecular weight excluding hydrogens is 614 g/mol. The lowest BCUT2D eigenvalue weighted by Crippen LogP contribution is -2.40. The molecule has 0 bridgehead atoms. The monoisotopic (exact) mass is 649 g/mol. The minimum atomic E-state index is -1.00. The largest absolute Gasteiger partial charge is 0.496 e. The maximum atomic E-state index is 14.5. The Bertz CT molecular complexity index is 2270. The number of aromatic carboxylic acids is 1. The van der Waals surface area contributed by atoms with E-state index in [-0.39, 0.29) is 17.7 Å². The third kappa shape index (κ3) is 5.59. The average Bonchev–Trinajstić information content (AvgIpc) is 3.53. The molecule has 1 aliphatic heterocycles. The maximum absolute atomic E-state index is 14.5. The van der Waals surface area contributed by atoms with Crippen molar-refractivity contribution in [2.24, 2.45) is 4.99 Å². The molecule has 0 amide bonds. The molecule has 5 aromatic rings. The van der Waals surface area contributed by atoms with Crippen molar-refractivity contribution in [3.63, 3.8) is 0 Å². The van der Waals surface area contributed by atoms with Gasteiger partial charge in [-0.3, -0.25) is 9.36 Å². The van der Waals surface area contributed by atoms with Gasteiger partial charge in [-0.25, -0.2) is 14.6 Å². The van der Waals surface area contributed by atoms with E-state index in [2.05, 4.69) is 0 Å². The number of hydrogen-bond donors (Lipinski definition) is 1. The van der Waals surface area contributed by atoms with Crippen molar-refractivity contribution in [3.8, 4) is 11.4 Å². The Labute approximate surface area is 275 Å². The van der Waals surface area contributed by atoms with Gasteiger partial charge in [0, 0.05) is 22.6 Å². The van der Waals surface area contributed by atoms with Crippen LogP contribution in [0.25, 0.3) is 22.5 Å². The number of ether oxygens (including phenoxy) is 2. The van der Waals surface area contributed by atoms with Gasteiger partial charge in [-0.05, 0) is 79.9 Å². The van der Waals surface area contributed by atoms with Crippen LogP contribution in [-0.2, 0) is 9.53 Å². The molecule has 3 heterocycles. The summed E-state index contributed by atoms with van der Waals surface area (Å²) in [5.74, 6) is -0.964. The lowest BCUT2D eigenvalue weighted by atomic mass is 9.90. The van der Waals surface area contributed by atoms with Gasteiger partial charge in [0.1, 0.15) is 11.8 Å². The quantitative estimate of drug-likeness (QED) is 0.201. The molecule has 240 valence electrons. The van der Waals surface area contributed by atoms with E-state index in [9.17, 15) is 19.5 Å². The number of fused-ring (bicyclic) bond motifs is 2. The van der Waals surface area contributed by atoms with Crippen molar-refractivity contribution in [2.45, 2.75) is 46.6 Å². The second kappa shape index (κ2) is 12.9. The molecule has 2 aromatic heterocycles. The van der Waals surface area contributed by atoms with Crippen molar-refractivity contribution >= 4 is 40.1 Å². The van der Waals surface area contributed by atoms with E-state index in [1.807, 2.05) is 79.9 Å². The second-order valence-corrected chi connectivity index (χ2v) is 12.3. The first kappa shape index (κ1) is 31.7. The predicted octanol–water partition coefficient (Wildman–Crippen LogP) is 5.85. The van der Waals surface area contributed by atoms with Crippen LogP contribution in [0.2, 0.25) is 0 Å². The topological polar surface area (TPSA) is 112 Å². The van der Waals surface area contributed by atoms with Crippen LogP contribution in [0, 0.1) is 13.8 Å². The standard InChI is InChI=1S/C37H35N3O6S/c1-6-11-28-32(36(44)46-7-2)33(31-27-15-9-8-12-23(27)16-17-29(31)45-5)40-34(41)30(47-37(40)38-28)20-25-18-21(3)39(22(25)4)26-14-10-13-24(19-26)35(42)43/h8-10,12-20,33H,6-7,11H2,1-5H3,(H,42,43)/b30-20-/t33-/m1/s1. The number of allylic oxidation sites excluding steroid dienone is 1. The summed E-state index contributed by atoms with van der Waals surface area (Å²) in [5, 5.41) is 11.3. The van der Waals surface area contributed by atoms with Gasteiger partial charge in [-0.15, -0.1) is 0 Å². The highest BCUT2D eigenvalue weighted by atomic mass is 32.1. The van der Waals surface area contributed by atoms with Crippen LogP contribution in [0.1, 0.15) is 65.6 Å². The summed E-state index contributed by atoms with van der Waals surface area (Å²) in [7, 11) is 1.58. The minimum Gasteiger partial charge on any atom is -0.496 e. The molecule has 1 atom stereocenters. The zero-order chi connectivity index (χ0) is 33.4. The van der Waals surface area contributed by atoms with Crippen molar-refractivity contribution in [2.75, 3.05) is 13.7 Å². The Kier molecular flexibility index (Phi) is 8.70. The molecule has 0 saturated heterocycles. The molecule has 0 fully saturated rings. The van der Waals surface area contributed by atoms with Crippen LogP contribution in [0.4, 0.5) is 0 Å². The van der Waals surface area contributed by atoms with Gasteiger partial charge in [0.15, 0.2) is 4.80 Å². The number of carboxylic acid groups (broad SMARTS) is 1. The molecular formula is C37H35N3O6S. The van der Waals surface area contributed by atoms with Gasteiger partial charge >= 0.3 is 11.9 Å². The van der Waals surface area contributed by atoms with E-state index >= 15 is 0 Å². The van der Waals surface area contributed by atoms with Gasteiger partial charge in [0.25, 0.3) is 5.56 Å². The summed E-state index contributed by atoms with van der Waals surface area (Å²) in [6, 6.07) is 19.6. The fourth-order valence-electron chi connectivity index (χ4n) is 6.38. The van der Waals surface area contributed by atoms with Crippen LogP contribution in [-0.4, -0.2) is 39.9 Å². The Morgan fingerprint density at radius 1 is 1.04 bits per heavy atom. The maximum Gasteiger partial charge on any atom is 0.338 e. The van der Waals surface area contributed by atoms with E-state index in [1.54, 1.807) is 36.8 Å². The molecule has 6 rings (SSSR count). The SMILES string of the molecule is CCCC1=C(C(=O)OCC)[C@@H](c2c(OC)ccc3ccccc23)n2c(s/c(=C\c3cc(C)n(-c4cccc(C(=O)O)c4)c3C)c2=O)=N1. The van der Waals surface area contributed by atoms with Crippen molar-refractivity contribution < 1.29 is 24.2 Å². The molecule has 0 spiro atoms. The normalized spacial score (nSPS) is 14.7. The average molecular weight is 650 g/mol. The molecule has 0 aliphatic carbocycles. The fraction of sp³-hybridized carbons (Fsp3) is 0.243. The highest BCUT2D eigenvalue weighted by Crippen LogP contribution is 2.41. The van der Waals surface area contributed by atoms with Gasteiger partial charge < -0.3 is 19.1 Å². The molecule has 0 radical (unpaired) electrons. The highest BCUT2D eigenvalue weighted by molar-refractivity contribution is 7.07. The summed E-state index contributed by atoms with van der Waals surface area (Å²) in [6.45, 7) is 7.84. The van der Waals surface area contributed by atoms with Gasteiger partial charge in [-0.1, -0.05) is 61.1 Å². The molecule has 1 aliphatic rings. The number of carbonyl (C=O) groups is 2. The molecule has 0 unspecified atom stereocenters. The van der Waals surface area contributed by atoms with E-state index < -0.39 is 18.0 Å². The summed E-state index contributed by atoms with van der Waals surface area (Å²) in [6.07, 6.45) is 3.11. The zero-order valence-corrected chi connectivity index (χ0v) is 27.7. The number of benzene rings is 3. The van der Waals surface area contributed by atoms with E-state index in [1.165, 1.54) is 11.3 Å². The Morgan fingerprint density at radius 2 is 1.83 bits per heavy atom. The molecule has 3 aromatic carbocycles. The van der Waals surface area contributed by atoms with Crippen molar-refractivity contribution in [1.82, 2.24) is 9.13 Å². The van der Waals surface area contributed by atoms with Gasteiger partial charge in [0.05, 0.1) is 35.1 Å². The van der Waals surface area contributed by atoms with Gasteiger partial charge in [-0.2, -0.15) is 0 Å². The first-order chi connectivity index (χ1) is 22.7. The number of nitrogens with zero attached hydrogens (tertiary/aromatic N) is 3. The lowest BCUT2D eigenvalue weighted by molar-refractivity contribution is -0.139. The Morgan fingerprint density at radius 3 is 2.55 bits per heavy atom. The summed E-state index contributed by atoms with van der Waals surface area (Å²) in [5.41, 5.74) is 4.78. The number of thiazole rings is 1. The first-order valence-electron chi connectivity index (χ1n) is 15.5. The second-order valence-electron chi connectivity index (χ2n) is 11.3. The van der Waals surface area contributed by atoms with Crippen LogP contribution in [0.3, 0.4) is 0 Å². The van der Waals surface area contributed by atoms with Crippen LogP contribution in [0.15, 0.2) is 87.8 Å².